The van der Waals surface area contributed by atoms with Gasteiger partial charge in [-0.05, 0) is 46.8 Å². The minimum Gasteiger partial charge on any atom is -0.309 e. The summed E-state index contributed by atoms with van der Waals surface area (Å²) in [6, 6.07) is 3.44. The molecule has 2 atom stereocenters. The van der Waals surface area contributed by atoms with Gasteiger partial charge in [-0.2, -0.15) is 0 Å². The molecule has 2 unspecified atom stereocenters. The van der Waals surface area contributed by atoms with Gasteiger partial charge in [0.15, 0.2) is 0 Å². The summed E-state index contributed by atoms with van der Waals surface area (Å²) >= 11 is 5.28. The molecule has 16 heavy (non-hydrogen) atoms. The summed E-state index contributed by atoms with van der Waals surface area (Å²) in [5.74, 6) is 0. The van der Waals surface area contributed by atoms with Crippen LogP contribution < -0.4 is 5.32 Å². The molecule has 1 N–H and O–H groups in total. The lowest BCUT2D eigenvalue weighted by molar-refractivity contribution is 0.167. The molecule has 0 radical (unpaired) electrons. The molecule has 0 aliphatic carbocycles. The Hall–Kier alpha value is 0.390. The lowest BCUT2D eigenvalue weighted by atomic mass is 10.1. The van der Waals surface area contributed by atoms with Gasteiger partial charge in [0, 0.05) is 31.7 Å². The number of nitrogens with one attached hydrogen (secondary N) is 1. The highest BCUT2D eigenvalue weighted by atomic mass is 79.9. The van der Waals surface area contributed by atoms with E-state index in [4.69, 9.17) is 0 Å². The van der Waals surface area contributed by atoms with E-state index < -0.39 is 0 Å². The van der Waals surface area contributed by atoms with E-state index in [-0.39, 0.29) is 12.4 Å². The number of halogens is 2. The van der Waals surface area contributed by atoms with Crippen LogP contribution in [-0.2, 0) is 6.54 Å². The first-order valence-corrected chi connectivity index (χ1v) is 7.02. The smallest absolute Gasteiger partial charge is 0.0701 e. The zero-order valence-corrected chi connectivity index (χ0v) is 12.8. The molecule has 0 saturated carbocycles. The molecular weight excluding hydrogens is 308 g/mol. The summed E-state index contributed by atoms with van der Waals surface area (Å²) in [6.45, 7) is 7.90. The second kappa shape index (κ2) is 6.36. The number of hydrogen-bond acceptors (Lipinski definition) is 3. The lowest BCUT2D eigenvalue weighted by Gasteiger charge is -2.35. The van der Waals surface area contributed by atoms with Gasteiger partial charge in [-0.15, -0.1) is 23.7 Å². The fraction of sp³-hybridized carbons (Fsp3) is 0.636. The number of thiophene rings is 1. The third kappa shape index (κ3) is 4.00. The molecule has 2 nitrogen and oxygen atoms in total. The summed E-state index contributed by atoms with van der Waals surface area (Å²) in [6.07, 6.45) is 0. The fourth-order valence-electron chi connectivity index (χ4n) is 2.26. The van der Waals surface area contributed by atoms with Gasteiger partial charge in [0.05, 0.1) is 3.79 Å². The van der Waals surface area contributed by atoms with Crippen molar-refractivity contribution < 1.29 is 0 Å². The van der Waals surface area contributed by atoms with Crippen LogP contribution in [0.3, 0.4) is 0 Å². The maximum atomic E-state index is 3.55. The topological polar surface area (TPSA) is 15.3 Å². The van der Waals surface area contributed by atoms with Gasteiger partial charge < -0.3 is 5.32 Å². The zero-order chi connectivity index (χ0) is 10.8. The van der Waals surface area contributed by atoms with Crippen molar-refractivity contribution >= 4 is 39.7 Å². The third-order valence-electron chi connectivity index (χ3n) is 2.66. The van der Waals surface area contributed by atoms with E-state index in [1.54, 1.807) is 11.3 Å². The van der Waals surface area contributed by atoms with E-state index >= 15 is 0 Å². The Bertz CT molecular complexity index is 322. The molecule has 0 aromatic carbocycles. The first kappa shape index (κ1) is 14.5. The molecule has 1 aromatic heterocycles. The maximum Gasteiger partial charge on any atom is 0.0701 e. The van der Waals surface area contributed by atoms with Gasteiger partial charge in [0.25, 0.3) is 0 Å². The molecule has 5 heteroatoms. The quantitative estimate of drug-likeness (QED) is 0.899. The second-order valence-electron chi connectivity index (χ2n) is 4.42. The fourth-order valence-corrected chi connectivity index (χ4v) is 3.46. The average molecular weight is 326 g/mol. The first-order chi connectivity index (χ1) is 7.13. The highest BCUT2D eigenvalue weighted by Crippen LogP contribution is 2.22. The van der Waals surface area contributed by atoms with E-state index in [0.29, 0.717) is 12.1 Å². The van der Waals surface area contributed by atoms with Gasteiger partial charge in [-0.3, -0.25) is 4.90 Å². The van der Waals surface area contributed by atoms with E-state index in [1.807, 2.05) is 0 Å². The molecule has 1 aromatic rings. The molecule has 1 aliphatic rings. The van der Waals surface area contributed by atoms with Crippen molar-refractivity contribution in [3.8, 4) is 0 Å². The van der Waals surface area contributed by atoms with Crippen LogP contribution in [0, 0.1) is 0 Å². The number of piperazine rings is 1. The Balaban J connectivity index is 0.00000128. The van der Waals surface area contributed by atoms with Crippen LogP contribution in [0.1, 0.15) is 19.4 Å². The molecule has 1 fully saturated rings. The monoisotopic (exact) mass is 324 g/mol. The number of hydrogen-bond donors (Lipinski definition) is 1. The SMILES string of the molecule is CC1CN(Cc2csc(Br)c2)CC(C)N1.Cl. The van der Waals surface area contributed by atoms with E-state index in [0.717, 1.165) is 19.6 Å². The van der Waals surface area contributed by atoms with Gasteiger partial charge in [0.1, 0.15) is 0 Å². The van der Waals surface area contributed by atoms with Crippen LogP contribution in [0.2, 0.25) is 0 Å². The summed E-state index contributed by atoms with van der Waals surface area (Å²) in [7, 11) is 0. The zero-order valence-electron chi connectivity index (χ0n) is 9.57. The Morgan fingerprint density at radius 3 is 2.56 bits per heavy atom. The van der Waals surface area contributed by atoms with Crippen LogP contribution in [0.4, 0.5) is 0 Å². The Morgan fingerprint density at radius 1 is 1.44 bits per heavy atom. The van der Waals surface area contributed by atoms with Crippen molar-refractivity contribution in [2.45, 2.75) is 32.5 Å². The number of rotatable bonds is 2. The summed E-state index contributed by atoms with van der Waals surface area (Å²) < 4.78 is 1.23. The van der Waals surface area contributed by atoms with Crippen LogP contribution in [-0.4, -0.2) is 30.1 Å². The Labute approximate surface area is 116 Å². The highest BCUT2D eigenvalue weighted by Gasteiger charge is 2.20. The lowest BCUT2D eigenvalue weighted by Crippen LogP contribution is -2.53. The largest absolute Gasteiger partial charge is 0.309 e. The molecule has 0 bridgehead atoms. The summed E-state index contributed by atoms with van der Waals surface area (Å²) in [5, 5.41) is 5.79. The molecule has 1 aliphatic heterocycles. The molecule has 0 amide bonds. The van der Waals surface area contributed by atoms with Crippen molar-refractivity contribution in [1.82, 2.24) is 10.2 Å². The Kier molecular flexibility index (Phi) is 5.74. The van der Waals surface area contributed by atoms with Crippen molar-refractivity contribution in [2.75, 3.05) is 13.1 Å². The minimum absolute atomic E-state index is 0. The van der Waals surface area contributed by atoms with Crippen molar-refractivity contribution in [3.63, 3.8) is 0 Å². The van der Waals surface area contributed by atoms with E-state index in [1.165, 1.54) is 9.35 Å². The van der Waals surface area contributed by atoms with Crippen LogP contribution in [0.15, 0.2) is 15.2 Å². The molecule has 92 valence electrons. The normalized spacial score (nSPS) is 26.4. The van der Waals surface area contributed by atoms with Gasteiger partial charge >= 0.3 is 0 Å². The minimum atomic E-state index is 0. The van der Waals surface area contributed by atoms with Gasteiger partial charge in [-0.25, -0.2) is 0 Å². The molecule has 0 spiro atoms. The Morgan fingerprint density at radius 2 is 2.06 bits per heavy atom. The van der Waals surface area contributed by atoms with E-state index in [2.05, 4.69) is 51.4 Å². The first-order valence-electron chi connectivity index (χ1n) is 5.35. The molecule has 1 saturated heterocycles. The van der Waals surface area contributed by atoms with E-state index in [9.17, 15) is 0 Å². The van der Waals surface area contributed by atoms with Gasteiger partial charge in [0.2, 0.25) is 0 Å². The predicted octanol–water partition coefficient (Wildman–Crippen LogP) is 3.11. The standard InChI is InChI=1S/C11H17BrN2S.ClH/c1-8-4-14(5-9(2)13-8)6-10-3-11(12)15-7-10;/h3,7-9,13H,4-6H2,1-2H3;1H. The molecule has 2 heterocycles. The second-order valence-corrected chi connectivity index (χ2v) is 6.71. The average Bonchev–Trinajstić information content (AvgIpc) is 2.49. The third-order valence-corrected chi connectivity index (χ3v) is 4.21. The van der Waals surface area contributed by atoms with Crippen molar-refractivity contribution in [3.05, 3.63) is 20.8 Å². The van der Waals surface area contributed by atoms with Crippen LogP contribution in [0.25, 0.3) is 0 Å². The summed E-state index contributed by atoms with van der Waals surface area (Å²) in [5.41, 5.74) is 1.42. The van der Waals surface area contributed by atoms with Gasteiger partial charge in [-0.1, -0.05) is 0 Å². The molecular formula is C11H18BrClN2S. The highest BCUT2D eigenvalue weighted by molar-refractivity contribution is 9.11. The maximum absolute atomic E-state index is 3.55. The predicted molar refractivity (Wildman–Crippen MR) is 76.6 cm³/mol. The van der Waals surface area contributed by atoms with Crippen LogP contribution in [0.5, 0.6) is 0 Å². The van der Waals surface area contributed by atoms with Crippen molar-refractivity contribution in [1.29, 1.82) is 0 Å². The molecule has 2 rings (SSSR count). The summed E-state index contributed by atoms with van der Waals surface area (Å²) in [4.78, 5) is 2.53. The van der Waals surface area contributed by atoms with Crippen molar-refractivity contribution in [2.24, 2.45) is 0 Å². The number of nitrogens with zero attached hydrogens (tertiary/aromatic N) is 1. The van der Waals surface area contributed by atoms with Crippen LogP contribution >= 0.6 is 39.7 Å².